The van der Waals surface area contributed by atoms with Gasteiger partial charge in [-0.15, -0.1) is 0 Å². The van der Waals surface area contributed by atoms with Gasteiger partial charge in [0.15, 0.2) is 17.7 Å². The summed E-state index contributed by atoms with van der Waals surface area (Å²) in [4.78, 5) is 0. The molecule has 0 bridgehead atoms. The molecule has 23 heavy (non-hydrogen) atoms. The number of para-hydroxylation sites is 1. The van der Waals surface area contributed by atoms with Crippen molar-refractivity contribution in [2.75, 3.05) is 6.61 Å². The molecule has 0 spiro atoms. The molecule has 0 saturated carbocycles. The minimum atomic E-state index is -0.757. The van der Waals surface area contributed by atoms with Crippen LogP contribution in [0.2, 0.25) is 0 Å². The standard InChI is InChI=1S/C19H20FNO2/c1-19(2,3)13-22-18(12-21)14-9-10-16(20)17(11-14)23-15-7-5-4-6-8-15/h4-11,18H,13H2,1-3H3. The van der Waals surface area contributed by atoms with Crippen LogP contribution in [-0.2, 0) is 4.74 Å². The molecule has 0 saturated heterocycles. The average molecular weight is 313 g/mol. The van der Waals surface area contributed by atoms with E-state index in [1.165, 1.54) is 12.1 Å². The number of ether oxygens (including phenoxy) is 2. The molecule has 0 aromatic heterocycles. The first-order valence-corrected chi connectivity index (χ1v) is 7.42. The van der Waals surface area contributed by atoms with E-state index >= 15 is 0 Å². The Morgan fingerprint density at radius 3 is 2.43 bits per heavy atom. The summed E-state index contributed by atoms with van der Waals surface area (Å²) in [6, 6.07) is 15.4. The quantitative estimate of drug-likeness (QED) is 0.757. The summed E-state index contributed by atoms with van der Waals surface area (Å²) in [7, 11) is 0. The summed E-state index contributed by atoms with van der Waals surface area (Å²) in [5.74, 6) is 0.131. The van der Waals surface area contributed by atoms with Gasteiger partial charge in [-0.25, -0.2) is 4.39 Å². The first kappa shape index (κ1) is 17.0. The Morgan fingerprint density at radius 2 is 1.83 bits per heavy atom. The molecule has 2 rings (SSSR count). The maximum Gasteiger partial charge on any atom is 0.169 e. The normalized spacial score (nSPS) is 12.5. The van der Waals surface area contributed by atoms with E-state index in [1.54, 1.807) is 18.2 Å². The maximum absolute atomic E-state index is 13.9. The maximum atomic E-state index is 13.9. The fourth-order valence-electron chi connectivity index (χ4n) is 1.92. The molecular formula is C19H20FNO2. The van der Waals surface area contributed by atoms with Crippen molar-refractivity contribution in [3.8, 4) is 17.6 Å². The molecule has 0 N–H and O–H groups in total. The third kappa shape index (κ3) is 5.08. The van der Waals surface area contributed by atoms with Crippen LogP contribution in [0.15, 0.2) is 48.5 Å². The molecule has 120 valence electrons. The van der Waals surface area contributed by atoms with Crippen LogP contribution in [-0.4, -0.2) is 6.61 Å². The van der Waals surface area contributed by atoms with E-state index in [2.05, 4.69) is 6.07 Å². The van der Waals surface area contributed by atoms with Crippen molar-refractivity contribution in [3.05, 3.63) is 59.9 Å². The number of halogens is 1. The Morgan fingerprint density at radius 1 is 1.13 bits per heavy atom. The minimum Gasteiger partial charge on any atom is -0.454 e. The van der Waals surface area contributed by atoms with Gasteiger partial charge < -0.3 is 9.47 Å². The van der Waals surface area contributed by atoms with Crippen LogP contribution in [0, 0.1) is 22.6 Å². The van der Waals surface area contributed by atoms with E-state index in [1.807, 2.05) is 39.0 Å². The van der Waals surface area contributed by atoms with Crippen LogP contribution in [0.3, 0.4) is 0 Å². The van der Waals surface area contributed by atoms with E-state index in [0.717, 1.165) is 0 Å². The molecule has 0 aliphatic rings. The van der Waals surface area contributed by atoms with Crippen LogP contribution in [0.1, 0.15) is 32.4 Å². The topological polar surface area (TPSA) is 42.2 Å². The first-order valence-electron chi connectivity index (χ1n) is 7.42. The Balaban J connectivity index is 2.20. The van der Waals surface area contributed by atoms with Crippen LogP contribution >= 0.6 is 0 Å². The number of hydrogen-bond donors (Lipinski definition) is 0. The SMILES string of the molecule is CC(C)(C)COC(C#N)c1ccc(F)c(Oc2ccccc2)c1. The van der Waals surface area contributed by atoms with Gasteiger partial charge in [-0.2, -0.15) is 5.26 Å². The molecule has 2 aromatic carbocycles. The molecule has 0 aliphatic carbocycles. The summed E-state index contributed by atoms with van der Waals surface area (Å²) in [5.41, 5.74) is 0.516. The fraction of sp³-hybridized carbons (Fsp3) is 0.316. The Kier molecular flexibility index (Phi) is 5.36. The Bertz CT molecular complexity index is 687. The van der Waals surface area contributed by atoms with Crippen LogP contribution in [0.5, 0.6) is 11.5 Å². The molecule has 0 amide bonds. The molecule has 4 heteroatoms. The van der Waals surface area contributed by atoms with E-state index in [0.29, 0.717) is 17.9 Å². The van der Waals surface area contributed by atoms with Gasteiger partial charge >= 0.3 is 0 Å². The lowest BCUT2D eigenvalue weighted by Crippen LogP contribution is -2.17. The zero-order valence-electron chi connectivity index (χ0n) is 13.5. The zero-order valence-corrected chi connectivity index (χ0v) is 13.5. The minimum absolute atomic E-state index is 0.0570. The van der Waals surface area contributed by atoms with Crippen molar-refractivity contribution in [3.63, 3.8) is 0 Å². The monoisotopic (exact) mass is 313 g/mol. The van der Waals surface area contributed by atoms with E-state index in [-0.39, 0.29) is 11.2 Å². The predicted octanol–water partition coefficient (Wildman–Crippen LogP) is 5.25. The van der Waals surface area contributed by atoms with Gasteiger partial charge in [0.05, 0.1) is 12.7 Å². The lowest BCUT2D eigenvalue weighted by Gasteiger charge is -2.21. The van der Waals surface area contributed by atoms with Gasteiger partial charge in [-0.05, 0) is 35.2 Å². The Hall–Kier alpha value is -2.38. The number of nitriles is 1. The molecule has 1 atom stereocenters. The van der Waals surface area contributed by atoms with Gasteiger partial charge in [-0.1, -0.05) is 45.0 Å². The molecule has 1 unspecified atom stereocenters. The van der Waals surface area contributed by atoms with Gasteiger partial charge in [-0.3, -0.25) is 0 Å². The van der Waals surface area contributed by atoms with Gasteiger partial charge in [0, 0.05) is 0 Å². The summed E-state index contributed by atoms with van der Waals surface area (Å²) in [5, 5.41) is 9.32. The highest BCUT2D eigenvalue weighted by atomic mass is 19.1. The molecule has 3 nitrogen and oxygen atoms in total. The largest absolute Gasteiger partial charge is 0.454 e. The number of benzene rings is 2. The number of hydrogen-bond acceptors (Lipinski definition) is 3. The second-order valence-electron chi connectivity index (χ2n) is 6.49. The van der Waals surface area contributed by atoms with Crippen molar-refractivity contribution in [2.24, 2.45) is 5.41 Å². The van der Waals surface area contributed by atoms with Gasteiger partial charge in [0.25, 0.3) is 0 Å². The van der Waals surface area contributed by atoms with Crippen LogP contribution in [0.25, 0.3) is 0 Å². The molecular weight excluding hydrogens is 293 g/mol. The summed E-state index contributed by atoms with van der Waals surface area (Å²) < 4.78 is 25.1. The third-order valence-electron chi connectivity index (χ3n) is 3.03. The van der Waals surface area contributed by atoms with Crippen molar-refractivity contribution in [1.82, 2.24) is 0 Å². The smallest absolute Gasteiger partial charge is 0.169 e. The lowest BCUT2D eigenvalue weighted by molar-refractivity contribution is 0.0366. The number of nitrogens with zero attached hydrogens (tertiary/aromatic N) is 1. The number of rotatable bonds is 5. The molecule has 0 fully saturated rings. The molecule has 2 aromatic rings. The molecule has 0 radical (unpaired) electrons. The average Bonchev–Trinajstić information content (AvgIpc) is 2.51. The predicted molar refractivity (Wildman–Crippen MR) is 86.7 cm³/mol. The van der Waals surface area contributed by atoms with Crippen molar-refractivity contribution < 1.29 is 13.9 Å². The van der Waals surface area contributed by atoms with E-state index < -0.39 is 11.9 Å². The summed E-state index contributed by atoms with van der Waals surface area (Å²) >= 11 is 0. The van der Waals surface area contributed by atoms with E-state index in [9.17, 15) is 9.65 Å². The van der Waals surface area contributed by atoms with Crippen molar-refractivity contribution in [1.29, 1.82) is 5.26 Å². The lowest BCUT2D eigenvalue weighted by atomic mass is 9.98. The van der Waals surface area contributed by atoms with Crippen molar-refractivity contribution >= 4 is 0 Å². The van der Waals surface area contributed by atoms with Gasteiger partial charge in [0.1, 0.15) is 5.75 Å². The van der Waals surface area contributed by atoms with Crippen LogP contribution in [0.4, 0.5) is 4.39 Å². The third-order valence-corrected chi connectivity index (χ3v) is 3.03. The second-order valence-corrected chi connectivity index (χ2v) is 6.49. The fourth-order valence-corrected chi connectivity index (χ4v) is 1.92. The zero-order chi connectivity index (χ0) is 16.9. The van der Waals surface area contributed by atoms with Crippen molar-refractivity contribution in [2.45, 2.75) is 26.9 Å². The van der Waals surface area contributed by atoms with Crippen LogP contribution < -0.4 is 4.74 Å². The highest BCUT2D eigenvalue weighted by Crippen LogP contribution is 2.29. The second kappa shape index (κ2) is 7.26. The Labute approximate surface area is 136 Å². The molecule has 0 aliphatic heterocycles. The first-order chi connectivity index (χ1) is 10.9. The summed E-state index contributed by atoms with van der Waals surface area (Å²) in [6.07, 6.45) is -0.757. The molecule has 0 heterocycles. The highest BCUT2D eigenvalue weighted by Gasteiger charge is 2.18. The van der Waals surface area contributed by atoms with Gasteiger partial charge in [0.2, 0.25) is 0 Å². The highest BCUT2D eigenvalue weighted by molar-refractivity contribution is 5.37. The summed E-state index contributed by atoms with van der Waals surface area (Å²) in [6.45, 7) is 6.50. The van der Waals surface area contributed by atoms with E-state index in [4.69, 9.17) is 9.47 Å².